The van der Waals surface area contributed by atoms with E-state index in [0.29, 0.717) is 29.4 Å². The van der Waals surface area contributed by atoms with Crippen molar-refractivity contribution in [3.8, 4) is 17.2 Å². The van der Waals surface area contributed by atoms with Crippen LogP contribution in [0.15, 0.2) is 36.5 Å². The summed E-state index contributed by atoms with van der Waals surface area (Å²) < 4.78 is 11.0. The zero-order valence-corrected chi connectivity index (χ0v) is 12.1. The average molecular weight is 289 g/mol. The summed E-state index contributed by atoms with van der Waals surface area (Å²) >= 11 is 0. The number of hydrogen-bond acceptors (Lipinski definition) is 5. The number of nitrogens with zero attached hydrogens (tertiary/aromatic N) is 1. The standard InChI is InChI=1S/C16H19NO4/c1-3-14(19)13-6-5-12(9-17-13)21-15-7-4-11(10-18)8-16(15)20-2/h4-9,14,18-19H,3,10H2,1-2H3/t14-/m1/s1. The molecular weight excluding hydrogens is 270 g/mol. The minimum absolute atomic E-state index is 0.0538. The maximum atomic E-state index is 9.70. The molecule has 0 fully saturated rings. The van der Waals surface area contributed by atoms with E-state index in [1.165, 1.54) is 0 Å². The van der Waals surface area contributed by atoms with Crippen LogP contribution in [0.2, 0.25) is 0 Å². The fourth-order valence-electron chi connectivity index (χ4n) is 1.88. The Hall–Kier alpha value is -2.11. The normalized spacial score (nSPS) is 12.0. The van der Waals surface area contributed by atoms with Crippen molar-refractivity contribution in [2.45, 2.75) is 26.1 Å². The monoisotopic (exact) mass is 289 g/mol. The minimum atomic E-state index is -0.558. The first-order valence-electron chi connectivity index (χ1n) is 6.77. The molecule has 112 valence electrons. The van der Waals surface area contributed by atoms with Crippen LogP contribution in [-0.2, 0) is 6.61 Å². The van der Waals surface area contributed by atoms with Crippen molar-refractivity contribution in [1.29, 1.82) is 0 Å². The highest BCUT2D eigenvalue weighted by atomic mass is 16.5. The third-order valence-corrected chi connectivity index (χ3v) is 3.13. The number of methoxy groups -OCH3 is 1. The van der Waals surface area contributed by atoms with Crippen LogP contribution >= 0.6 is 0 Å². The molecule has 0 bridgehead atoms. The molecule has 2 rings (SSSR count). The number of ether oxygens (including phenoxy) is 2. The van der Waals surface area contributed by atoms with Gasteiger partial charge < -0.3 is 19.7 Å². The van der Waals surface area contributed by atoms with Crippen LogP contribution in [0.25, 0.3) is 0 Å². The molecule has 1 heterocycles. The summed E-state index contributed by atoms with van der Waals surface area (Å²) in [6.07, 6.45) is 1.62. The van der Waals surface area contributed by atoms with Gasteiger partial charge in [-0.25, -0.2) is 0 Å². The van der Waals surface area contributed by atoms with Crippen LogP contribution in [-0.4, -0.2) is 22.3 Å². The molecule has 1 aromatic carbocycles. The summed E-state index contributed by atoms with van der Waals surface area (Å²) in [6.45, 7) is 1.84. The molecule has 21 heavy (non-hydrogen) atoms. The Kier molecular flexibility index (Phi) is 5.14. The van der Waals surface area contributed by atoms with Crippen LogP contribution in [0.3, 0.4) is 0 Å². The van der Waals surface area contributed by atoms with Gasteiger partial charge in [0.2, 0.25) is 0 Å². The molecule has 5 heteroatoms. The molecular formula is C16H19NO4. The molecule has 2 N–H and O–H groups in total. The minimum Gasteiger partial charge on any atom is -0.493 e. The van der Waals surface area contributed by atoms with E-state index in [0.717, 1.165) is 5.56 Å². The number of aliphatic hydroxyl groups is 2. The molecule has 0 saturated heterocycles. The summed E-state index contributed by atoms with van der Waals surface area (Å²) in [5.74, 6) is 1.64. The highest BCUT2D eigenvalue weighted by Crippen LogP contribution is 2.32. The Morgan fingerprint density at radius 2 is 2.00 bits per heavy atom. The summed E-state index contributed by atoms with van der Waals surface area (Å²) in [5.41, 5.74) is 1.37. The maximum absolute atomic E-state index is 9.70. The quantitative estimate of drug-likeness (QED) is 0.855. The lowest BCUT2D eigenvalue weighted by Crippen LogP contribution is -1.98. The van der Waals surface area contributed by atoms with Gasteiger partial charge in [0, 0.05) is 0 Å². The van der Waals surface area contributed by atoms with E-state index in [4.69, 9.17) is 14.6 Å². The van der Waals surface area contributed by atoms with E-state index >= 15 is 0 Å². The van der Waals surface area contributed by atoms with Crippen molar-refractivity contribution in [3.05, 3.63) is 47.8 Å². The van der Waals surface area contributed by atoms with Gasteiger partial charge in [0.25, 0.3) is 0 Å². The Labute approximate surface area is 123 Å². The van der Waals surface area contributed by atoms with Gasteiger partial charge in [-0.05, 0) is 36.2 Å². The molecule has 0 unspecified atom stereocenters. The van der Waals surface area contributed by atoms with Crippen molar-refractivity contribution in [2.24, 2.45) is 0 Å². The first-order valence-corrected chi connectivity index (χ1v) is 6.77. The lowest BCUT2D eigenvalue weighted by atomic mass is 10.2. The van der Waals surface area contributed by atoms with Gasteiger partial charge >= 0.3 is 0 Å². The van der Waals surface area contributed by atoms with Gasteiger partial charge in [-0.3, -0.25) is 4.98 Å². The van der Waals surface area contributed by atoms with Gasteiger partial charge in [0.1, 0.15) is 5.75 Å². The Morgan fingerprint density at radius 3 is 2.57 bits per heavy atom. The highest BCUT2D eigenvalue weighted by molar-refractivity contribution is 5.45. The molecule has 5 nitrogen and oxygen atoms in total. The fourth-order valence-corrected chi connectivity index (χ4v) is 1.88. The second kappa shape index (κ2) is 7.06. The van der Waals surface area contributed by atoms with E-state index in [9.17, 15) is 5.11 Å². The van der Waals surface area contributed by atoms with E-state index in [-0.39, 0.29) is 6.61 Å². The van der Waals surface area contributed by atoms with E-state index in [1.54, 1.807) is 43.6 Å². The van der Waals surface area contributed by atoms with Crippen molar-refractivity contribution in [1.82, 2.24) is 4.98 Å². The van der Waals surface area contributed by atoms with Crippen LogP contribution in [0.4, 0.5) is 0 Å². The molecule has 0 aliphatic carbocycles. The van der Waals surface area contributed by atoms with Gasteiger partial charge in [-0.1, -0.05) is 13.0 Å². The number of aliphatic hydroxyl groups excluding tert-OH is 2. The van der Waals surface area contributed by atoms with Crippen molar-refractivity contribution < 1.29 is 19.7 Å². The Balaban J connectivity index is 2.18. The largest absolute Gasteiger partial charge is 0.493 e. The number of pyridine rings is 1. The summed E-state index contributed by atoms with van der Waals surface area (Å²) in [7, 11) is 1.54. The molecule has 0 amide bonds. The summed E-state index contributed by atoms with van der Waals surface area (Å²) in [5, 5.41) is 18.8. The number of aromatic nitrogens is 1. The van der Waals surface area contributed by atoms with Gasteiger partial charge in [0.05, 0.1) is 31.7 Å². The van der Waals surface area contributed by atoms with E-state index in [1.807, 2.05) is 6.92 Å². The Bertz CT molecular complexity index is 583. The first kappa shape index (κ1) is 15.3. The molecule has 0 aliphatic heterocycles. The van der Waals surface area contributed by atoms with Crippen LogP contribution in [0, 0.1) is 0 Å². The number of benzene rings is 1. The van der Waals surface area contributed by atoms with Crippen molar-refractivity contribution >= 4 is 0 Å². The fraction of sp³-hybridized carbons (Fsp3) is 0.312. The topological polar surface area (TPSA) is 71.8 Å². The molecule has 2 aromatic rings. The number of rotatable bonds is 6. The van der Waals surface area contributed by atoms with Crippen molar-refractivity contribution in [2.75, 3.05) is 7.11 Å². The number of hydrogen-bond donors (Lipinski definition) is 2. The lowest BCUT2D eigenvalue weighted by Gasteiger charge is -2.12. The van der Waals surface area contributed by atoms with Gasteiger partial charge in [0.15, 0.2) is 11.5 Å². The smallest absolute Gasteiger partial charge is 0.169 e. The SMILES string of the molecule is CC[C@@H](O)c1ccc(Oc2ccc(CO)cc2OC)cn1. The second-order valence-corrected chi connectivity index (χ2v) is 4.59. The zero-order chi connectivity index (χ0) is 15.2. The van der Waals surface area contributed by atoms with Gasteiger partial charge in [-0.15, -0.1) is 0 Å². The third-order valence-electron chi connectivity index (χ3n) is 3.13. The summed E-state index contributed by atoms with van der Waals surface area (Å²) in [6, 6.07) is 8.70. The predicted octanol–water partition coefficient (Wildman–Crippen LogP) is 2.82. The Morgan fingerprint density at radius 1 is 1.19 bits per heavy atom. The third kappa shape index (κ3) is 3.71. The predicted molar refractivity (Wildman–Crippen MR) is 78.5 cm³/mol. The summed E-state index contributed by atoms with van der Waals surface area (Å²) in [4.78, 5) is 4.18. The second-order valence-electron chi connectivity index (χ2n) is 4.59. The lowest BCUT2D eigenvalue weighted by molar-refractivity contribution is 0.169. The average Bonchev–Trinajstić information content (AvgIpc) is 2.55. The van der Waals surface area contributed by atoms with Crippen LogP contribution in [0.5, 0.6) is 17.2 Å². The molecule has 1 aromatic heterocycles. The molecule has 0 aliphatic rings. The van der Waals surface area contributed by atoms with Crippen molar-refractivity contribution in [3.63, 3.8) is 0 Å². The molecule has 0 radical (unpaired) electrons. The first-order chi connectivity index (χ1) is 10.2. The maximum Gasteiger partial charge on any atom is 0.169 e. The highest BCUT2D eigenvalue weighted by Gasteiger charge is 2.09. The molecule has 1 atom stereocenters. The van der Waals surface area contributed by atoms with E-state index < -0.39 is 6.10 Å². The molecule has 0 saturated carbocycles. The van der Waals surface area contributed by atoms with Crippen LogP contribution < -0.4 is 9.47 Å². The zero-order valence-electron chi connectivity index (χ0n) is 12.1. The van der Waals surface area contributed by atoms with E-state index in [2.05, 4.69) is 4.98 Å². The molecule has 0 spiro atoms. The van der Waals surface area contributed by atoms with Gasteiger partial charge in [-0.2, -0.15) is 0 Å². The van der Waals surface area contributed by atoms with Crippen LogP contribution in [0.1, 0.15) is 30.7 Å².